The van der Waals surface area contributed by atoms with E-state index in [-0.39, 0.29) is 17.9 Å². The molecule has 5 nitrogen and oxygen atoms in total. The summed E-state index contributed by atoms with van der Waals surface area (Å²) in [5.74, 6) is 1.97. The molecular weight excluding hydrogens is 497 g/mol. The highest BCUT2D eigenvalue weighted by atomic mass is 79.9. The largest absolute Gasteiger partial charge is 0.507 e. The molecule has 0 radical (unpaired) electrons. The van der Waals surface area contributed by atoms with Crippen LogP contribution in [0.3, 0.4) is 0 Å². The van der Waals surface area contributed by atoms with E-state index in [9.17, 15) is 5.11 Å². The van der Waals surface area contributed by atoms with Crippen molar-refractivity contribution in [3.05, 3.63) is 64.3 Å². The Morgan fingerprint density at radius 2 is 2.04 bits per heavy atom. The SMILES string of the molecule is C=C(/C=C(Cl)\C=C/C)C(C)Oc1ncc(-c2ccc(O)c(Br)c2)nn1.CBr. The van der Waals surface area contributed by atoms with Crippen LogP contribution in [0.15, 0.2) is 64.3 Å². The molecule has 0 fully saturated rings. The van der Waals surface area contributed by atoms with E-state index < -0.39 is 0 Å². The van der Waals surface area contributed by atoms with Crippen molar-refractivity contribution in [3.8, 4) is 23.0 Å². The number of ether oxygens (including phenoxy) is 1. The molecule has 0 spiro atoms. The molecule has 2 aromatic rings. The first-order valence-electron chi connectivity index (χ1n) is 7.82. The molecule has 1 N–H and O–H groups in total. The topological polar surface area (TPSA) is 68.1 Å². The van der Waals surface area contributed by atoms with E-state index in [1.54, 1.807) is 36.5 Å². The molecule has 0 saturated heterocycles. The maximum absolute atomic E-state index is 9.54. The van der Waals surface area contributed by atoms with Gasteiger partial charge in [0.2, 0.25) is 0 Å². The van der Waals surface area contributed by atoms with Gasteiger partial charge in [-0.25, -0.2) is 4.98 Å². The van der Waals surface area contributed by atoms with Crippen molar-refractivity contribution >= 4 is 43.5 Å². The fourth-order valence-electron chi connectivity index (χ4n) is 1.85. The lowest BCUT2D eigenvalue weighted by molar-refractivity contribution is 0.237. The normalized spacial score (nSPS) is 12.3. The van der Waals surface area contributed by atoms with E-state index in [1.807, 2.05) is 25.8 Å². The average Bonchev–Trinajstić information content (AvgIpc) is 2.66. The van der Waals surface area contributed by atoms with Crippen LogP contribution in [-0.2, 0) is 0 Å². The second-order valence-electron chi connectivity index (χ2n) is 5.16. The van der Waals surface area contributed by atoms with Gasteiger partial charge >= 0.3 is 6.01 Å². The predicted octanol–water partition coefficient (Wildman–Crippen LogP) is 6.04. The molecule has 27 heavy (non-hydrogen) atoms. The molecule has 8 heteroatoms. The quantitative estimate of drug-likeness (QED) is 0.374. The number of alkyl halides is 1. The van der Waals surface area contributed by atoms with Crippen LogP contribution in [0.4, 0.5) is 0 Å². The summed E-state index contributed by atoms with van der Waals surface area (Å²) in [6.45, 7) is 7.64. The third-order valence-electron chi connectivity index (χ3n) is 3.24. The number of nitrogens with zero attached hydrogens (tertiary/aromatic N) is 3. The summed E-state index contributed by atoms with van der Waals surface area (Å²) in [5, 5.41) is 18.2. The van der Waals surface area contributed by atoms with Gasteiger partial charge < -0.3 is 9.84 Å². The minimum atomic E-state index is -0.352. The van der Waals surface area contributed by atoms with Gasteiger partial charge in [0.05, 0.1) is 10.7 Å². The first-order chi connectivity index (χ1) is 12.9. The molecule has 0 aliphatic rings. The lowest BCUT2D eigenvalue weighted by Gasteiger charge is -2.13. The molecule has 144 valence electrons. The highest BCUT2D eigenvalue weighted by Gasteiger charge is 2.11. The Morgan fingerprint density at radius 3 is 2.59 bits per heavy atom. The number of phenols is 1. The summed E-state index contributed by atoms with van der Waals surface area (Å²) >= 11 is 12.2. The van der Waals surface area contributed by atoms with Gasteiger partial charge in [0.1, 0.15) is 17.5 Å². The standard InChI is InChI=1S/C18H17BrClN3O2.CH3Br/c1-4-5-14(20)8-11(2)12(3)25-18-21-10-16(22-23-18)13-6-7-17(24)15(19)9-13;1-2/h4-10,12,24H,2H2,1,3H3;1H3/b5-4-,14-8+;. The van der Waals surface area contributed by atoms with Gasteiger partial charge in [-0.3, -0.25) is 0 Å². The van der Waals surface area contributed by atoms with Crippen molar-refractivity contribution in [2.24, 2.45) is 0 Å². The van der Waals surface area contributed by atoms with Crippen LogP contribution in [0.1, 0.15) is 13.8 Å². The van der Waals surface area contributed by atoms with Gasteiger partial charge in [-0.2, -0.15) is 0 Å². The van der Waals surface area contributed by atoms with Crippen molar-refractivity contribution < 1.29 is 9.84 Å². The summed E-state index contributed by atoms with van der Waals surface area (Å²) in [7, 11) is 0. The van der Waals surface area contributed by atoms with E-state index >= 15 is 0 Å². The molecule has 0 aliphatic heterocycles. The second kappa shape index (κ2) is 11.9. The van der Waals surface area contributed by atoms with Crippen molar-refractivity contribution in [1.29, 1.82) is 0 Å². The number of phenolic OH excluding ortho intramolecular Hbond substituents is 1. The van der Waals surface area contributed by atoms with E-state index in [2.05, 4.69) is 53.6 Å². The molecule has 1 aromatic carbocycles. The maximum atomic E-state index is 9.54. The number of hydrogen-bond donors (Lipinski definition) is 1. The number of aromatic hydroxyl groups is 1. The molecule has 1 aromatic heterocycles. The zero-order valence-corrected chi connectivity index (χ0v) is 19.1. The summed E-state index contributed by atoms with van der Waals surface area (Å²) in [6, 6.07) is 5.18. The Balaban J connectivity index is 0.00000176. The van der Waals surface area contributed by atoms with Gasteiger partial charge in [-0.15, -0.1) is 5.10 Å². The van der Waals surface area contributed by atoms with Crippen LogP contribution in [0, 0.1) is 0 Å². The van der Waals surface area contributed by atoms with Gasteiger partial charge in [0, 0.05) is 10.6 Å². The third kappa shape index (κ3) is 7.44. The third-order valence-corrected chi connectivity index (χ3v) is 4.11. The zero-order chi connectivity index (χ0) is 20.4. The number of hydrogen-bond acceptors (Lipinski definition) is 5. The van der Waals surface area contributed by atoms with Crippen molar-refractivity contribution in [2.75, 3.05) is 5.83 Å². The van der Waals surface area contributed by atoms with Crippen LogP contribution in [0.5, 0.6) is 11.8 Å². The van der Waals surface area contributed by atoms with Crippen LogP contribution < -0.4 is 4.74 Å². The van der Waals surface area contributed by atoms with E-state index in [0.717, 1.165) is 5.56 Å². The molecule has 0 aliphatic carbocycles. The summed E-state index contributed by atoms with van der Waals surface area (Å²) < 4.78 is 6.20. The summed E-state index contributed by atoms with van der Waals surface area (Å²) in [4.78, 5) is 4.16. The minimum Gasteiger partial charge on any atom is -0.507 e. The number of halogens is 3. The number of aromatic nitrogens is 3. The minimum absolute atomic E-state index is 0.144. The summed E-state index contributed by atoms with van der Waals surface area (Å²) in [6.07, 6.45) is 6.53. The molecule has 1 heterocycles. The van der Waals surface area contributed by atoms with Gasteiger partial charge in [0.25, 0.3) is 0 Å². The first kappa shape index (κ1) is 23.3. The maximum Gasteiger partial charge on any atom is 0.336 e. The van der Waals surface area contributed by atoms with Crippen LogP contribution >= 0.6 is 43.5 Å². The second-order valence-corrected chi connectivity index (χ2v) is 6.45. The number of allylic oxidation sites excluding steroid dienone is 3. The number of benzene rings is 1. The smallest absolute Gasteiger partial charge is 0.336 e. The molecule has 1 atom stereocenters. The Hall–Kier alpha value is -1.70. The number of rotatable bonds is 6. The monoisotopic (exact) mass is 515 g/mol. The van der Waals surface area contributed by atoms with Crippen molar-refractivity contribution in [3.63, 3.8) is 0 Å². The lowest BCUT2D eigenvalue weighted by atomic mass is 10.1. The Kier molecular flexibility index (Phi) is 10.3. The molecule has 0 amide bonds. The van der Waals surface area contributed by atoms with E-state index in [4.69, 9.17) is 16.3 Å². The summed E-state index contributed by atoms with van der Waals surface area (Å²) in [5.41, 5.74) is 2.03. The highest BCUT2D eigenvalue weighted by Crippen LogP contribution is 2.28. The lowest BCUT2D eigenvalue weighted by Crippen LogP contribution is -2.15. The van der Waals surface area contributed by atoms with Gasteiger partial charge in [0.15, 0.2) is 0 Å². The van der Waals surface area contributed by atoms with E-state index in [1.165, 1.54) is 0 Å². The van der Waals surface area contributed by atoms with Crippen molar-refractivity contribution in [2.45, 2.75) is 20.0 Å². The van der Waals surface area contributed by atoms with Crippen molar-refractivity contribution in [1.82, 2.24) is 15.2 Å². The first-order valence-corrected chi connectivity index (χ1v) is 10.6. The fourth-order valence-corrected chi connectivity index (χ4v) is 2.50. The predicted molar refractivity (Wildman–Crippen MR) is 117 cm³/mol. The average molecular weight is 518 g/mol. The highest BCUT2D eigenvalue weighted by molar-refractivity contribution is 9.10. The fraction of sp³-hybridized carbons (Fsp3) is 0.211. The Bertz CT molecular complexity index is 824. The molecular formula is C19H20Br2ClN3O2. The Labute approximate surface area is 181 Å². The molecule has 1 unspecified atom stereocenters. The van der Waals surface area contributed by atoms with Gasteiger partial charge in [-0.05, 0) is 71.5 Å². The van der Waals surface area contributed by atoms with Crippen LogP contribution in [0.2, 0.25) is 0 Å². The molecule has 2 rings (SSSR count). The van der Waals surface area contributed by atoms with E-state index in [0.29, 0.717) is 20.8 Å². The van der Waals surface area contributed by atoms with Gasteiger partial charge in [-0.1, -0.05) is 45.3 Å². The molecule has 0 saturated carbocycles. The van der Waals surface area contributed by atoms with Crippen LogP contribution in [0.25, 0.3) is 11.3 Å². The zero-order valence-electron chi connectivity index (χ0n) is 15.2. The van der Waals surface area contributed by atoms with Crippen LogP contribution in [-0.4, -0.2) is 32.2 Å². The molecule has 0 bridgehead atoms. The Morgan fingerprint density at radius 1 is 1.33 bits per heavy atom.